The lowest BCUT2D eigenvalue weighted by atomic mass is 10.3. The van der Waals surface area contributed by atoms with E-state index in [2.05, 4.69) is 13.8 Å². The number of hydrogen-bond acceptors (Lipinski definition) is 4. The minimum atomic E-state index is -1.89. The van der Waals surface area contributed by atoms with Crippen molar-refractivity contribution in [3.63, 3.8) is 0 Å². The summed E-state index contributed by atoms with van der Waals surface area (Å²) in [5.74, 6) is 0. The van der Waals surface area contributed by atoms with E-state index >= 15 is 0 Å². The summed E-state index contributed by atoms with van der Waals surface area (Å²) in [4.78, 5) is 0. The van der Waals surface area contributed by atoms with Gasteiger partial charge >= 0.3 is 17.1 Å². The highest BCUT2D eigenvalue weighted by atomic mass is 28.4. The normalized spacial score (nSPS) is 12.9. The van der Waals surface area contributed by atoms with E-state index in [1.54, 1.807) is 28.4 Å². The lowest BCUT2D eigenvalue weighted by Crippen LogP contribution is -2.39. The highest BCUT2D eigenvalue weighted by molar-refractivity contribution is 6.67. The predicted molar refractivity (Wildman–Crippen MR) is 84.0 cm³/mol. The van der Waals surface area contributed by atoms with Crippen molar-refractivity contribution in [2.45, 2.75) is 57.3 Å². The molecule has 0 fully saturated rings. The van der Waals surface area contributed by atoms with Crippen molar-refractivity contribution in [3.05, 3.63) is 0 Å². The van der Waals surface area contributed by atoms with Crippen molar-refractivity contribution < 1.29 is 17.7 Å². The van der Waals surface area contributed by atoms with Crippen LogP contribution in [0, 0.1) is 0 Å². The molecule has 0 N–H and O–H groups in total. The van der Waals surface area contributed by atoms with Gasteiger partial charge in [0.15, 0.2) is 0 Å². The van der Waals surface area contributed by atoms with Gasteiger partial charge in [-0.15, -0.1) is 0 Å². The Balaban J connectivity index is 3.98. The van der Waals surface area contributed by atoms with E-state index in [-0.39, 0.29) is 0 Å². The highest BCUT2D eigenvalue weighted by Gasteiger charge is 2.34. The second kappa shape index (κ2) is 10.1. The zero-order chi connectivity index (χ0) is 14.8. The van der Waals surface area contributed by atoms with Crippen molar-refractivity contribution in [2.24, 2.45) is 0 Å². The van der Waals surface area contributed by atoms with Gasteiger partial charge in [-0.05, 0) is 24.2 Å². The Morgan fingerprint density at radius 1 is 0.579 bits per heavy atom. The van der Waals surface area contributed by atoms with Crippen molar-refractivity contribution in [1.29, 1.82) is 0 Å². The molecule has 4 nitrogen and oxygen atoms in total. The predicted octanol–water partition coefficient (Wildman–Crippen LogP) is 3.67. The Bertz CT molecular complexity index is 180. The van der Waals surface area contributed by atoms with Gasteiger partial charge in [0.25, 0.3) is 0 Å². The molecule has 0 radical (unpaired) electrons. The zero-order valence-electron chi connectivity index (χ0n) is 13.6. The lowest BCUT2D eigenvalue weighted by molar-refractivity contribution is 0.239. The van der Waals surface area contributed by atoms with Gasteiger partial charge in [-0.25, -0.2) is 0 Å². The molecule has 0 saturated heterocycles. The smallest absolute Gasteiger partial charge is 0.337 e. The molecule has 0 aromatic rings. The first kappa shape index (κ1) is 19.3. The first-order valence-corrected chi connectivity index (χ1v) is 11.7. The van der Waals surface area contributed by atoms with Crippen LogP contribution < -0.4 is 0 Å². The maximum absolute atomic E-state index is 5.62. The van der Waals surface area contributed by atoms with Crippen molar-refractivity contribution >= 4 is 17.1 Å². The van der Waals surface area contributed by atoms with Gasteiger partial charge in [0, 0.05) is 28.4 Å². The summed E-state index contributed by atoms with van der Waals surface area (Å²) in [6, 6.07) is 4.20. The molecule has 0 spiro atoms. The second-order valence-electron chi connectivity index (χ2n) is 4.91. The molecule has 0 aromatic heterocycles. The van der Waals surface area contributed by atoms with Gasteiger partial charge < -0.3 is 17.7 Å². The molecular weight excluding hydrogens is 276 g/mol. The molecule has 0 aliphatic carbocycles. The summed E-state index contributed by atoms with van der Waals surface area (Å²) >= 11 is 0. The van der Waals surface area contributed by atoms with E-state index in [1.807, 2.05) is 0 Å². The van der Waals surface area contributed by atoms with Crippen LogP contribution in [0.1, 0.15) is 33.1 Å². The molecule has 0 saturated carbocycles. The van der Waals surface area contributed by atoms with Crippen LogP contribution in [0.15, 0.2) is 0 Å². The SMILES string of the molecule is CC[Si](CCCCC[Si](CC)(OC)OC)(OC)OC. The minimum Gasteiger partial charge on any atom is -0.398 e. The molecule has 0 rings (SSSR count). The van der Waals surface area contributed by atoms with Crippen LogP contribution in [-0.2, 0) is 17.7 Å². The van der Waals surface area contributed by atoms with Crippen LogP contribution in [0.25, 0.3) is 0 Å². The van der Waals surface area contributed by atoms with Crippen molar-refractivity contribution in [1.82, 2.24) is 0 Å². The summed E-state index contributed by atoms with van der Waals surface area (Å²) < 4.78 is 22.5. The molecule has 0 bridgehead atoms. The second-order valence-corrected chi connectivity index (χ2v) is 12.6. The molecule has 0 unspecified atom stereocenters. The topological polar surface area (TPSA) is 36.9 Å². The van der Waals surface area contributed by atoms with Crippen molar-refractivity contribution in [3.8, 4) is 0 Å². The molecule has 0 aliphatic heterocycles. The molecule has 19 heavy (non-hydrogen) atoms. The third-order valence-electron chi connectivity index (χ3n) is 4.18. The molecule has 0 aromatic carbocycles. The first-order valence-electron chi connectivity index (χ1n) is 7.28. The van der Waals surface area contributed by atoms with Crippen LogP contribution in [-0.4, -0.2) is 45.6 Å². The van der Waals surface area contributed by atoms with Crippen LogP contribution in [0.2, 0.25) is 24.2 Å². The average Bonchev–Trinajstić information content (AvgIpc) is 2.48. The van der Waals surface area contributed by atoms with Crippen LogP contribution >= 0.6 is 0 Å². The minimum absolute atomic E-state index is 1.02. The highest BCUT2D eigenvalue weighted by Crippen LogP contribution is 2.24. The van der Waals surface area contributed by atoms with E-state index in [4.69, 9.17) is 17.7 Å². The molecule has 0 amide bonds. The monoisotopic (exact) mass is 308 g/mol. The fraction of sp³-hybridized carbons (Fsp3) is 1.00. The molecule has 0 atom stereocenters. The molecular formula is C13H32O4Si2. The summed E-state index contributed by atoms with van der Waals surface area (Å²) in [6.45, 7) is 4.31. The van der Waals surface area contributed by atoms with E-state index in [9.17, 15) is 0 Å². The Morgan fingerprint density at radius 3 is 1.11 bits per heavy atom. The van der Waals surface area contributed by atoms with Gasteiger partial charge in [-0.3, -0.25) is 0 Å². The lowest BCUT2D eigenvalue weighted by Gasteiger charge is -2.27. The van der Waals surface area contributed by atoms with Crippen molar-refractivity contribution in [2.75, 3.05) is 28.4 Å². The Kier molecular flexibility index (Phi) is 10.2. The van der Waals surface area contributed by atoms with Gasteiger partial charge in [0.05, 0.1) is 0 Å². The van der Waals surface area contributed by atoms with Gasteiger partial charge in [-0.2, -0.15) is 0 Å². The molecule has 0 heterocycles. The zero-order valence-corrected chi connectivity index (χ0v) is 15.6. The quantitative estimate of drug-likeness (QED) is 0.407. The Labute approximate surface area is 121 Å². The fourth-order valence-electron chi connectivity index (χ4n) is 2.47. The van der Waals surface area contributed by atoms with E-state index in [0.29, 0.717) is 0 Å². The van der Waals surface area contributed by atoms with E-state index < -0.39 is 17.1 Å². The van der Waals surface area contributed by atoms with Crippen LogP contribution in [0.4, 0.5) is 0 Å². The molecule has 116 valence electrons. The fourth-order valence-corrected chi connectivity index (χ4v) is 7.06. The molecule has 6 heteroatoms. The average molecular weight is 309 g/mol. The first-order chi connectivity index (χ1) is 9.07. The molecule has 0 aliphatic rings. The summed E-state index contributed by atoms with van der Waals surface area (Å²) in [5, 5.41) is 0. The van der Waals surface area contributed by atoms with Gasteiger partial charge in [0.2, 0.25) is 0 Å². The van der Waals surface area contributed by atoms with E-state index in [1.165, 1.54) is 19.3 Å². The maximum atomic E-state index is 5.62. The number of rotatable bonds is 12. The van der Waals surface area contributed by atoms with Crippen LogP contribution in [0.3, 0.4) is 0 Å². The third-order valence-corrected chi connectivity index (χ3v) is 11.5. The Hall–Kier alpha value is 0.274. The Morgan fingerprint density at radius 2 is 0.895 bits per heavy atom. The number of hydrogen-bond donors (Lipinski definition) is 0. The van der Waals surface area contributed by atoms with E-state index in [0.717, 1.165) is 24.2 Å². The summed E-state index contributed by atoms with van der Waals surface area (Å²) in [7, 11) is 3.35. The van der Waals surface area contributed by atoms with Crippen LogP contribution in [0.5, 0.6) is 0 Å². The van der Waals surface area contributed by atoms with Gasteiger partial charge in [-0.1, -0.05) is 33.1 Å². The maximum Gasteiger partial charge on any atom is 0.337 e. The summed E-state index contributed by atoms with van der Waals surface area (Å²) in [5.41, 5.74) is 0. The number of unbranched alkanes of at least 4 members (excludes halogenated alkanes) is 2. The largest absolute Gasteiger partial charge is 0.398 e. The summed E-state index contributed by atoms with van der Waals surface area (Å²) in [6.07, 6.45) is 3.54. The standard InChI is InChI=1S/C13H32O4Si2/c1-7-18(14-3,15-4)12-10-9-11-13-19(8-2,16-5)17-6/h7-13H2,1-6H3. The third kappa shape index (κ3) is 6.05. The van der Waals surface area contributed by atoms with Gasteiger partial charge in [0.1, 0.15) is 0 Å².